The summed E-state index contributed by atoms with van der Waals surface area (Å²) in [6.45, 7) is 3.83. The predicted octanol–water partition coefficient (Wildman–Crippen LogP) is 0.0611. The second-order valence-electron chi connectivity index (χ2n) is 1.90. The van der Waals surface area contributed by atoms with E-state index in [2.05, 4.69) is 11.9 Å². The van der Waals surface area contributed by atoms with E-state index in [1.807, 2.05) is 0 Å². The lowest BCUT2D eigenvalue weighted by molar-refractivity contribution is -0.121. The van der Waals surface area contributed by atoms with E-state index >= 15 is 0 Å². The van der Waals surface area contributed by atoms with E-state index in [0.29, 0.717) is 19.4 Å². The highest BCUT2D eigenvalue weighted by Crippen LogP contribution is 1.87. The van der Waals surface area contributed by atoms with Gasteiger partial charge in [0.2, 0.25) is 5.91 Å². The van der Waals surface area contributed by atoms with Crippen LogP contribution in [0, 0.1) is 0 Å². The Morgan fingerprint density at radius 1 is 1.70 bits per heavy atom. The smallest absolute Gasteiger partial charge is 0.220 e. The summed E-state index contributed by atoms with van der Waals surface area (Å²) in [7, 11) is 0. The minimum Gasteiger partial charge on any atom is -0.395 e. The molecule has 58 valence electrons. The highest BCUT2D eigenvalue weighted by atomic mass is 16.3. The number of hydrogen-bond donors (Lipinski definition) is 2. The van der Waals surface area contributed by atoms with Gasteiger partial charge in [-0.2, -0.15) is 0 Å². The average molecular weight is 143 g/mol. The molecule has 0 radical (unpaired) electrons. The van der Waals surface area contributed by atoms with Crippen molar-refractivity contribution in [3.63, 3.8) is 0 Å². The molecule has 0 fully saturated rings. The topological polar surface area (TPSA) is 49.3 Å². The molecule has 0 aromatic heterocycles. The largest absolute Gasteiger partial charge is 0.395 e. The van der Waals surface area contributed by atoms with Crippen LogP contribution in [-0.2, 0) is 4.79 Å². The van der Waals surface area contributed by atoms with Gasteiger partial charge in [0.05, 0.1) is 6.61 Å². The van der Waals surface area contributed by atoms with Crippen molar-refractivity contribution in [2.45, 2.75) is 12.8 Å². The van der Waals surface area contributed by atoms with Crippen molar-refractivity contribution in [2.24, 2.45) is 0 Å². The Bertz CT molecular complexity index is 112. The summed E-state index contributed by atoms with van der Waals surface area (Å²) in [5.41, 5.74) is 0. The molecule has 3 nitrogen and oxygen atoms in total. The third-order valence-electron chi connectivity index (χ3n) is 1.01. The molecule has 0 aromatic carbocycles. The van der Waals surface area contributed by atoms with Gasteiger partial charge < -0.3 is 10.4 Å². The fourth-order valence-electron chi connectivity index (χ4n) is 0.517. The Morgan fingerprint density at radius 2 is 2.40 bits per heavy atom. The van der Waals surface area contributed by atoms with E-state index in [9.17, 15) is 4.79 Å². The summed E-state index contributed by atoms with van der Waals surface area (Å²) in [5.74, 6) is -0.0334. The van der Waals surface area contributed by atoms with Crippen LogP contribution in [0.2, 0.25) is 0 Å². The van der Waals surface area contributed by atoms with Crippen molar-refractivity contribution in [3.05, 3.63) is 12.7 Å². The van der Waals surface area contributed by atoms with Crippen LogP contribution < -0.4 is 5.32 Å². The molecule has 10 heavy (non-hydrogen) atoms. The quantitative estimate of drug-likeness (QED) is 0.535. The summed E-state index contributed by atoms with van der Waals surface area (Å²) < 4.78 is 0. The lowest BCUT2D eigenvalue weighted by Gasteiger charge is -1.99. The number of carbonyl (C=O) groups is 1. The van der Waals surface area contributed by atoms with Crippen molar-refractivity contribution in [2.75, 3.05) is 13.2 Å². The molecule has 0 bridgehead atoms. The molecule has 0 aliphatic heterocycles. The highest BCUT2D eigenvalue weighted by molar-refractivity contribution is 5.75. The van der Waals surface area contributed by atoms with Gasteiger partial charge >= 0.3 is 0 Å². The molecule has 0 atom stereocenters. The fourth-order valence-corrected chi connectivity index (χ4v) is 0.517. The predicted molar refractivity (Wildman–Crippen MR) is 39.5 cm³/mol. The zero-order valence-corrected chi connectivity index (χ0v) is 5.97. The molecule has 1 amide bonds. The van der Waals surface area contributed by atoms with Crippen molar-refractivity contribution >= 4 is 5.91 Å². The van der Waals surface area contributed by atoms with Gasteiger partial charge in [0.1, 0.15) is 0 Å². The number of hydrogen-bond acceptors (Lipinski definition) is 2. The van der Waals surface area contributed by atoms with Crippen LogP contribution in [0.15, 0.2) is 12.7 Å². The minimum atomic E-state index is -0.0334. The van der Waals surface area contributed by atoms with Crippen molar-refractivity contribution in [1.29, 1.82) is 0 Å². The second-order valence-corrected chi connectivity index (χ2v) is 1.90. The molecule has 0 aliphatic rings. The van der Waals surface area contributed by atoms with Crippen LogP contribution in [0.1, 0.15) is 12.8 Å². The minimum absolute atomic E-state index is 0.000169. The van der Waals surface area contributed by atoms with Gasteiger partial charge in [-0.1, -0.05) is 6.08 Å². The van der Waals surface area contributed by atoms with E-state index in [-0.39, 0.29) is 12.5 Å². The van der Waals surface area contributed by atoms with Crippen LogP contribution in [0.25, 0.3) is 0 Å². The van der Waals surface area contributed by atoms with Crippen LogP contribution >= 0.6 is 0 Å². The van der Waals surface area contributed by atoms with Gasteiger partial charge in [-0.3, -0.25) is 4.79 Å². The Kier molecular flexibility index (Phi) is 5.77. The number of carbonyl (C=O) groups excluding carboxylic acids is 1. The third kappa shape index (κ3) is 5.31. The van der Waals surface area contributed by atoms with Crippen LogP contribution in [0.4, 0.5) is 0 Å². The highest BCUT2D eigenvalue weighted by Gasteiger charge is 1.95. The van der Waals surface area contributed by atoms with E-state index in [1.54, 1.807) is 6.08 Å². The third-order valence-corrected chi connectivity index (χ3v) is 1.01. The van der Waals surface area contributed by atoms with Gasteiger partial charge in [0, 0.05) is 13.0 Å². The van der Waals surface area contributed by atoms with Gasteiger partial charge in [0.25, 0.3) is 0 Å². The van der Waals surface area contributed by atoms with Gasteiger partial charge in [-0.25, -0.2) is 0 Å². The standard InChI is InChI=1S/C7H13NO2/c1-2-3-4-7(10)8-5-6-9/h2,9H,1,3-6H2,(H,8,10). The number of allylic oxidation sites excluding steroid dienone is 1. The number of aliphatic hydroxyl groups is 1. The average Bonchev–Trinajstić information content (AvgIpc) is 1.97. The van der Waals surface area contributed by atoms with E-state index < -0.39 is 0 Å². The molecular weight excluding hydrogens is 130 g/mol. The molecule has 0 aliphatic carbocycles. The number of amides is 1. The maximum absolute atomic E-state index is 10.7. The molecule has 0 rings (SSSR count). The second kappa shape index (κ2) is 6.29. The van der Waals surface area contributed by atoms with Gasteiger partial charge in [-0.05, 0) is 6.42 Å². The monoisotopic (exact) mass is 143 g/mol. The fraction of sp³-hybridized carbons (Fsp3) is 0.571. The molecule has 0 spiro atoms. The lowest BCUT2D eigenvalue weighted by Crippen LogP contribution is -2.25. The zero-order valence-electron chi connectivity index (χ0n) is 5.97. The van der Waals surface area contributed by atoms with E-state index in [4.69, 9.17) is 5.11 Å². The molecule has 0 heterocycles. The van der Waals surface area contributed by atoms with E-state index in [0.717, 1.165) is 0 Å². The first kappa shape index (κ1) is 9.17. The molecule has 0 saturated carbocycles. The van der Waals surface area contributed by atoms with Crippen molar-refractivity contribution < 1.29 is 9.90 Å². The zero-order chi connectivity index (χ0) is 7.82. The molecule has 0 unspecified atom stereocenters. The first-order valence-corrected chi connectivity index (χ1v) is 3.29. The number of aliphatic hydroxyl groups excluding tert-OH is 1. The SMILES string of the molecule is C=CCCC(=O)NCCO. The van der Waals surface area contributed by atoms with Gasteiger partial charge in [0.15, 0.2) is 0 Å². The van der Waals surface area contributed by atoms with Crippen molar-refractivity contribution in [3.8, 4) is 0 Å². The van der Waals surface area contributed by atoms with Crippen LogP contribution in [0.5, 0.6) is 0 Å². The maximum atomic E-state index is 10.7. The number of nitrogens with one attached hydrogen (secondary N) is 1. The normalized spacial score (nSPS) is 8.90. The molecule has 0 aromatic rings. The van der Waals surface area contributed by atoms with E-state index in [1.165, 1.54) is 0 Å². The summed E-state index contributed by atoms with van der Waals surface area (Å²) >= 11 is 0. The Labute approximate surface area is 60.7 Å². The molecule has 3 heteroatoms. The first-order valence-electron chi connectivity index (χ1n) is 3.29. The Balaban J connectivity index is 3.16. The molecule has 0 saturated heterocycles. The summed E-state index contributed by atoms with van der Waals surface area (Å²) in [6.07, 6.45) is 2.85. The lowest BCUT2D eigenvalue weighted by atomic mass is 10.3. The van der Waals surface area contributed by atoms with Crippen molar-refractivity contribution in [1.82, 2.24) is 5.32 Å². The summed E-state index contributed by atoms with van der Waals surface area (Å²) in [4.78, 5) is 10.7. The first-order chi connectivity index (χ1) is 4.81. The van der Waals surface area contributed by atoms with Crippen LogP contribution in [0.3, 0.4) is 0 Å². The van der Waals surface area contributed by atoms with Crippen LogP contribution in [-0.4, -0.2) is 24.2 Å². The maximum Gasteiger partial charge on any atom is 0.220 e. The number of rotatable bonds is 5. The van der Waals surface area contributed by atoms with Gasteiger partial charge in [-0.15, -0.1) is 6.58 Å². The Morgan fingerprint density at radius 3 is 2.90 bits per heavy atom. The summed E-state index contributed by atoms with van der Waals surface area (Å²) in [5, 5.41) is 10.8. The molecule has 2 N–H and O–H groups in total. The molecular formula is C7H13NO2. The summed E-state index contributed by atoms with van der Waals surface area (Å²) in [6, 6.07) is 0. The Hall–Kier alpha value is -0.830.